The fourth-order valence-corrected chi connectivity index (χ4v) is 2.77. The lowest BCUT2D eigenvalue weighted by atomic mass is 10.1. The van der Waals surface area contributed by atoms with E-state index in [-0.39, 0.29) is 18.7 Å². The Labute approximate surface area is 184 Å². The molecule has 1 aromatic carbocycles. The smallest absolute Gasteiger partial charge is 0.408 e. The number of hydrogen-bond donors (Lipinski definition) is 1. The first-order valence-corrected chi connectivity index (χ1v) is 10.5. The van der Waals surface area contributed by atoms with E-state index in [4.69, 9.17) is 18.9 Å². The van der Waals surface area contributed by atoms with Gasteiger partial charge in [-0.1, -0.05) is 43.2 Å². The second-order valence-corrected chi connectivity index (χ2v) is 8.23. The molecule has 0 aliphatic heterocycles. The third-order valence-electron chi connectivity index (χ3n) is 4.25. The van der Waals surface area contributed by atoms with Crippen molar-refractivity contribution < 1.29 is 33.3 Å². The van der Waals surface area contributed by atoms with Crippen molar-refractivity contribution in [1.29, 1.82) is 0 Å². The van der Waals surface area contributed by atoms with Gasteiger partial charge in [0, 0.05) is 6.92 Å². The van der Waals surface area contributed by atoms with Crippen LogP contribution in [0.2, 0.25) is 0 Å². The van der Waals surface area contributed by atoms with Crippen molar-refractivity contribution in [2.24, 2.45) is 0 Å². The van der Waals surface area contributed by atoms with Gasteiger partial charge >= 0.3 is 18.0 Å². The average Bonchev–Trinajstić information content (AvgIpc) is 2.70. The summed E-state index contributed by atoms with van der Waals surface area (Å²) < 4.78 is 21.0. The SMILES string of the molecule is COC(=O)C(CCCCC(COC(C)=O)OCc1ccccc1)NC(=O)OC(C)(C)C. The number of alkyl carbamates (subject to hydrolysis) is 1. The van der Waals surface area contributed by atoms with Gasteiger partial charge in [-0.25, -0.2) is 9.59 Å². The number of benzene rings is 1. The summed E-state index contributed by atoms with van der Waals surface area (Å²) in [6.07, 6.45) is 1.46. The van der Waals surface area contributed by atoms with Crippen LogP contribution in [0.25, 0.3) is 0 Å². The summed E-state index contributed by atoms with van der Waals surface area (Å²) in [4.78, 5) is 35.2. The number of amides is 1. The van der Waals surface area contributed by atoms with Gasteiger partial charge in [-0.3, -0.25) is 4.79 Å². The van der Waals surface area contributed by atoms with Gasteiger partial charge in [-0.05, 0) is 39.2 Å². The molecule has 2 unspecified atom stereocenters. The molecule has 1 aromatic rings. The van der Waals surface area contributed by atoms with Gasteiger partial charge in [0.25, 0.3) is 0 Å². The Hall–Kier alpha value is -2.61. The number of methoxy groups -OCH3 is 1. The first-order chi connectivity index (χ1) is 14.6. The summed E-state index contributed by atoms with van der Waals surface area (Å²) in [5.74, 6) is -0.886. The van der Waals surface area contributed by atoms with E-state index < -0.39 is 23.7 Å². The second kappa shape index (κ2) is 13.6. The standard InChI is InChI=1S/C23H35NO7/c1-17(25)29-16-19(30-15-18-11-7-6-8-12-18)13-9-10-14-20(21(26)28-5)24-22(27)31-23(2,3)4/h6-8,11-12,19-20H,9-10,13-16H2,1-5H3,(H,24,27). The van der Waals surface area contributed by atoms with Crippen molar-refractivity contribution in [3.8, 4) is 0 Å². The molecule has 0 fully saturated rings. The van der Waals surface area contributed by atoms with Gasteiger partial charge in [-0.15, -0.1) is 0 Å². The van der Waals surface area contributed by atoms with E-state index in [0.717, 1.165) is 5.56 Å². The maximum absolute atomic E-state index is 12.0. The Morgan fingerprint density at radius 2 is 1.68 bits per heavy atom. The van der Waals surface area contributed by atoms with E-state index in [1.165, 1.54) is 14.0 Å². The van der Waals surface area contributed by atoms with Crippen LogP contribution in [0.15, 0.2) is 30.3 Å². The quantitative estimate of drug-likeness (QED) is 0.302. The Bertz CT molecular complexity index is 685. The predicted octanol–water partition coefficient (Wildman–Crippen LogP) is 3.76. The first-order valence-electron chi connectivity index (χ1n) is 10.5. The lowest BCUT2D eigenvalue weighted by Gasteiger charge is -2.23. The highest BCUT2D eigenvalue weighted by molar-refractivity contribution is 5.81. The highest BCUT2D eigenvalue weighted by Gasteiger charge is 2.24. The zero-order valence-electron chi connectivity index (χ0n) is 19.1. The normalized spacial score (nSPS) is 13.1. The highest BCUT2D eigenvalue weighted by Crippen LogP contribution is 2.14. The van der Waals surface area contributed by atoms with E-state index in [2.05, 4.69) is 5.32 Å². The van der Waals surface area contributed by atoms with Crippen molar-refractivity contribution in [1.82, 2.24) is 5.32 Å². The molecule has 0 spiro atoms. The molecular weight excluding hydrogens is 402 g/mol. The van der Waals surface area contributed by atoms with Crippen LogP contribution in [-0.2, 0) is 35.1 Å². The molecule has 8 heteroatoms. The Morgan fingerprint density at radius 1 is 1.03 bits per heavy atom. The number of carbonyl (C=O) groups excluding carboxylic acids is 3. The zero-order chi connectivity index (χ0) is 23.3. The van der Waals surface area contributed by atoms with Crippen molar-refractivity contribution in [3.63, 3.8) is 0 Å². The lowest BCUT2D eigenvalue weighted by Crippen LogP contribution is -2.44. The Morgan fingerprint density at radius 3 is 2.26 bits per heavy atom. The summed E-state index contributed by atoms with van der Waals surface area (Å²) in [5.41, 5.74) is 0.368. The number of nitrogens with one attached hydrogen (secondary N) is 1. The number of ether oxygens (including phenoxy) is 4. The molecule has 0 bridgehead atoms. The van der Waals surface area contributed by atoms with E-state index in [9.17, 15) is 14.4 Å². The second-order valence-electron chi connectivity index (χ2n) is 8.23. The minimum absolute atomic E-state index is 0.165. The van der Waals surface area contributed by atoms with Gasteiger partial charge < -0.3 is 24.3 Å². The zero-order valence-corrected chi connectivity index (χ0v) is 19.1. The van der Waals surface area contributed by atoms with Crippen molar-refractivity contribution in [2.45, 2.75) is 77.7 Å². The predicted molar refractivity (Wildman–Crippen MR) is 115 cm³/mol. The summed E-state index contributed by atoms with van der Waals surface area (Å²) in [5, 5.41) is 2.56. The van der Waals surface area contributed by atoms with Crippen LogP contribution in [0.1, 0.15) is 58.9 Å². The van der Waals surface area contributed by atoms with Crippen LogP contribution < -0.4 is 5.32 Å². The highest BCUT2D eigenvalue weighted by atomic mass is 16.6. The van der Waals surface area contributed by atoms with E-state index >= 15 is 0 Å². The molecule has 0 saturated heterocycles. The minimum atomic E-state index is -0.794. The molecular formula is C23H35NO7. The van der Waals surface area contributed by atoms with Crippen LogP contribution in [0.4, 0.5) is 4.79 Å². The van der Waals surface area contributed by atoms with Crippen LogP contribution in [-0.4, -0.2) is 49.5 Å². The molecule has 31 heavy (non-hydrogen) atoms. The topological polar surface area (TPSA) is 100 Å². The van der Waals surface area contributed by atoms with Gasteiger partial charge in [0.2, 0.25) is 0 Å². The Kier molecular flexibility index (Phi) is 11.6. The number of unbranched alkanes of at least 4 members (excludes halogenated alkanes) is 1. The van der Waals surface area contributed by atoms with E-state index in [1.807, 2.05) is 30.3 Å². The molecule has 1 N–H and O–H groups in total. The molecule has 1 amide bonds. The molecule has 2 atom stereocenters. The summed E-state index contributed by atoms with van der Waals surface area (Å²) in [6, 6.07) is 8.94. The van der Waals surface area contributed by atoms with Crippen LogP contribution in [0.5, 0.6) is 0 Å². The molecule has 0 radical (unpaired) electrons. The van der Waals surface area contributed by atoms with E-state index in [1.54, 1.807) is 20.8 Å². The third kappa shape index (κ3) is 12.6. The van der Waals surface area contributed by atoms with Gasteiger partial charge in [0.05, 0.1) is 19.8 Å². The largest absolute Gasteiger partial charge is 0.467 e. The van der Waals surface area contributed by atoms with Gasteiger partial charge in [0.1, 0.15) is 18.2 Å². The van der Waals surface area contributed by atoms with Crippen molar-refractivity contribution >= 4 is 18.0 Å². The molecule has 1 rings (SSSR count). The van der Waals surface area contributed by atoms with Crippen LogP contribution >= 0.6 is 0 Å². The first kappa shape index (κ1) is 26.4. The van der Waals surface area contributed by atoms with E-state index in [0.29, 0.717) is 32.3 Å². The molecule has 0 aromatic heterocycles. The maximum Gasteiger partial charge on any atom is 0.408 e. The van der Waals surface area contributed by atoms with Crippen LogP contribution in [0, 0.1) is 0 Å². The fourth-order valence-electron chi connectivity index (χ4n) is 2.77. The van der Waals surface area contributed by atoms with Crippen molar-refractivity contribution in [3.05, 3.63) is 35.9 Å². The molecule has 0 saturated carbocycles. The molecule has 174 valence electrons. The minimum Gasteiger partial charge on any atom is -0.467 e. The summed E-state index contributed by atoms with van der Waals surface area (Å²) >= 11 is 0. The molecule has 8 nitrogen and oxygen atoms in total. The Balaban J connectivity index is 2.52. The molecule has 0 aliphatic rings. The van der Waals surface area contributed by atoms with Gasteiger partial charge in [0.15, 0.2) is 0 Å². The number of rotatable bonds is 12. The van der Waals surface area contributed by atoms with Crippen molar-refractivity contribution in [2.75, 3.05) is 13.7 Å². The number of hydrogen-bond acceptors (Lipinski definition) is 7. The molecule has 0 heterocycles. The van der Waals surface area contributed by atoms with Gasteiger partial charge in [-0.2, -0.15) is 0 Å². The maximum atomic E-state index is 12.0. The monoisotopic (exact) mass is 437 g/mol. The summed E-state index contributed by atoms with van der Waals surface area (Å²) in [6.45, 7) is 7.18. The molecule has 0 aliphatic carbocycles. The van der Waals surface area contributed by atoms with Crippen LogP contribution in [0.3, 0.4) is 0 Å². The summed E-state index contributed by atoms with van der Waals surface area (Å²) in [7, 11) is 1.28. The lowest BCUT2D eigenvalue weighted by molar-refractivity contribution is -0.146. The fraction of sp³-hybridized carbons (Fsp3) is 0.609. The number of carbonyl (C=O) groups is 3. The average molecular weight is 438 g/mol. The third-order valence-corrected chi connectivity index (χ3v) is 4.25. The number of esters is 2.